The lowest BCUT2D eigenvalue weighted by molar-refractivity contribution is 0.222. The van der Waals surface area contributed by atoms with E-state index in [0.717, 1.165) is 17.0 Å². The van der Waals surface area contributed by atoms with Gasteiger partial charge in [-0.1, -0.05) is 5.16 Å². The largest absolute Gasteiger partial charge is 0.461 e. The molecule has 2 rings (SSSR count). The topological polar surface area (TPSA) is 98.0 Å². The Morgan fingerprint density at radius 3 is 2.43 bits per heavy atom. The van der Waals surface area contributed by atoms with Crippen LogP contribution in [0, 0.1) is 13.8 Å². The molecule has 0 unspecified atom stereocenters. The van der Waals surface area contributed by atoms with Gasteiger partial charge >= 0.3 is 6.01 Å². The highest BCUT2D eigenvalue weighted by molar-refractivity contribution is 5.37. The van der Waals surface area contributed by atoms with E-state index in [2.05, 4.69) is 30.7 Å². The van der Waals surface area contributed by atoms with Gasteiger partial charge in [0, 0.05) is 19.2 Å². The van der Waals surface area contributed by atoms with Crippen LogP contribution in [0.3, 0.4) is 0 Å². The molecule has 2 N–H and O–H groups in total. The normalized spacial score (nSPS) is 10.8. The average molecular weight is 292 g/mol. The third kappa shape index (κ3) is 3.80. The van der Waals surface area contributed by atoms with E-state index in [1.807, 2.05) is 27.7 Å². The number of ether oxygens (including phenoxy) is 1. The Morgan fingerprint density at radius 2 is 1.86 bits per heavy atom. The van der Waals surface area contributed by atoms with E-state index in [9.17, 15) is 0 Å². The number of hydrogen-bond donors (Lipinski definition) is 2. The molecule has 0 saturated heterocycles. The van der Waals surface area contributed by atoms with Crippen LogP contribution in [-0.4, -0.2) is 33.3 Å². The number of nitrogens with one attached hydrogen (secondary N) is 2. The second-order valence-electron chi connectivity index (χ2n) is 4.84. The van der Waals surface area contributed by atoms with E-state index in [1.165, 1.54) is 0 Å². The van der Waals surface area contributed by atoms with Crippen LogP contribution in [0.2, 0.25) is 0 Å². The fourth-order valence-corrected chi connectivity index (χ4v) is 1.73. The number of anilines is 2. The SMILES string of the molecule is CNc1nc(NCc2c(C)noc2C)nc(OC(C)C)n1. The second kappa shape index (κ2) is 6.38. The van der Waals surface area contributed by atoms with E-state index >= 15 is 0 Å². The molecule has 114 valence electrons. The first-order chi connectivity index (χ1) is 9.99. The first-order valence-corrected chi connectivity index (χ1v) is 6.75. The van der Waals surface area contributed by atoms with Crippen LogP contribution >= 0.6 is 0 Å². The number of rotatable bonds is 6. The molecule has 8 heteroatoms. The molecule has 0 aliphatic carbocycles. The van der Waals surface area contributed by atoms with E-state index in [0.29, 0.717) is 18.4 Å². The summed E-state index contributed by atoms with van der Waals surface area (Å²) in [7, 11) is 1.74. The highest BCUT2D eigenvalue weighted by Crippen LogP contribution is 2.16. The lowest BCUT2D eigenvalue weighted by atomic mass is 10.2. The Bertz CT molecular complexity index is 591. The fourth-order valence-electron chi connectivity index (χ4n) is 1.73. The first-order valence-electron chi connectivity index (χ1n) is 6.75. The van der Waals surface area contributed by atoms with Crippen LogP contribution in [0.1, 0.15) is 30.9 Å². The maximum atomic E-state index is 5.51. The quantitative estimate of drug-likeness (QED) is 0.833. The molecule has 0 amide bonds. The molecular weight excluding hydrogens is 272 g/mol. The minimum atomic E-state index is -0.00693. The summed E-state index contributed by atoms with van der Waals surface area (Å²) in [6.45, 7) is 8.12. The molecule has 21 heavy (non-hydrogen) atoms. The third-order valence-corrected chi connectivity index (χ3v) is 2.78. The van der Waals surface area contributed by atoms with Gasteiger partial charge in [0.15, 0.2) is 0 Å². The van der Waals surface area contributed by atoms with Crippen LogP contribution in [0.5, 0.6) is 6.01 Å². The average Bonchev–Trinajstić information content (AvgIpc) is 2.74. The van der Waals surface area contributed by atoms with Crippen LogP contribution in [-0.2, 0) is 6.54 Å². The van der Waals surface area contributed by atoms with Crippen molar-refractivity contribution in [3.05, 3.63) is 17.0 Å². The van der Waals surface area contributed by atoms with Gasteiger partial charge in [0.05, 0.1) is 11.8 Å². The smallest absolute Gasteiger partial charge is 0.323 e. The zero-order valence-corrected chi connectivity index (χ0v) is 12.9. The highest BCUT2D eigenvalue weighted by atomic mass is 16.5. The molecule has 2 aromatic rings. The maximum Gasteiger partial charge on any atom is 0.323 e. The van der Waals surface area contributed by atoms with E-state index in [4.69, 9.17) is 9.26 Å². The fraction of sp³-hybridized carbons (Fsp3) is 0.538. The van der Waals surface area contributed by atoms with Crippen molar-refractivity contribution >= 4 is 11.9 Å². The van der Waals surface area contributed by atoms with Gasteiger partial charge in [-0.3, -0.25) is 0 Å². The van der Waals surface area contributed by atoms with Gasteiger partial charge in [0.25, 0.3) is 0 Å². The summed E-state index contributed by atoms with van der Waals surface area (Å²) in [5, 5.41) is 9.93. The van der Waals surface area contributed by atoms with Gasteiger partial charge in [-0.2, -0.15) is 15.0 Å². The number of hydrogen-bond acceptors (Lipinski definition) is 8. The molecule has 0 fully saturated rings. The van der Waals surface area contributed by atoms with Crippen molar-refractivity contribution in [2.75, 3.05) is 17.7 Å². The molecule has 0 aliphatic heterocycles. The van der Waals surface area contributed by atoms with Gasteiger partial charge in [0.1, 0.15) is 5.76 Å². The molecule has 2 heterocycles. The summed E-state index contributed by atoms with van der Waals surface area (Å²) in [5.74, 6) is 1.66. The molecule has 0 spiro atoms. The second-order valence-corrected chi connectivity index (χ2v) is 4.84. The van der Waals surface area contributed by atoms with Crippen LogP contribution in [0.4, 0.5) is 11.9 Å². The molecule has 8 nitrogen and oxygen atoms in total. The number of aromatic nitrogens is 4. The zero-order chi connectivity index (χ0) is 15.4. The molecule has 0 saturated carbocycles. The molecule has 0 aliphatic rings. The van der Waals surface area contributed by atoms with Crippen molar-refractivity contribution < 1.29 is 9.26 Å². The summed E-state index contributed by atoms with van der Waals surface area (Å²) in [6.07, 6.45) is -0.00693. The Hall–Kier alpha value is -2.38. The van der Waals surface area contributed by atoms with Gasteiger partial charge < -0.3 is 19.9 Å². The van der Waals surface area contributed by atoms with Crippen molar-refractivity contribution in [1.82, 2.24) is 20.1 Å². The van der Waals surface area contributed by atoms with Crippen molar-refractivity contribution in [3.8, 4) is 6.01 Å². The standard InChI is InChI=1S/C13H20N6O2/c1-7(2)20-13-17-11(14-5)16-12(18-13)15-6-10-8(3)19-21-9(10)4/h7H,6H2,1-5H3,(H2,14,15,16,17,18). The van der Waals surface area contributed by atoms with Crippen molar-refractivity contribution in [3.63, 3.8) is 0 Å². The predicted octanol–water partition coefficient (Wildman–Crippen LogP) is 1.92. The molecule has 0 aromatic carbocycles. The van der Waals surface area contributed by atoms with Crippen molar-refractivity contribution in [2.45, 2.75) is 40.3 Å². The van der Waals surface area contributed by atoms with Crippen LogP contribution < -0.4 is 15.4 Å². The van der Waals surface area contributed by atoms with Crippen LogP contribution in [0.25, 0.3) is 0 Å². The minimum absolute atomic E-state index is 0.00693. The molecule has 0 radical (unpaired) electrons. The van der Waals surface area contributed by atoms with E-state index < -0.39 is 0 Å². The van der Waals surface area contributed by atoms with E-state index in [1.54, 1.807) is 7.05 Å². The Labute approximate surface area is 123 Å². The Balaban J connectivity index is 2.15. The van der Waals surface area contributed by atoms with Gasteiger partial charge in [0.2, 0.25) is 11.9 Å². The van der Waals surface area contributed by atoms with Crippen molar-refractivity contribution in [1.29, 1.82) is 0 Å². The van der Waals surface area contributed by atoms with Gasteiger partial charge in [-0.05, 0) is 27.7 Å². The van der Waals surface area contributed by atoms with Gasteiger partial charge in [-0.25, -0.2) is 0 Å². The highest BCUT2D eigenvalue weighted by Gasteiger charge is 2.11. The summed E-state index contributed by atoms with van der Waals surface area (Å²) in [5.41, 5.74) is 1.84. The summed E-state index contributed by atoms with van der Waals surface area (Å²) in [6, 6.07) is 0.283. The zero-order valence-electron chi connectivity index (χ0n) is 12.9. The van der Waals surface area contributed by atoms with Crippen molar-refractivity contribution in [2.24, 2.45) is 0 Å². The Morgan fingerprint density at radius 1 is 1.14 bits per heavy atom. The third-order valence-electron chi connectivity index (χ3n) is 2.78. The Kier molecular flexibility index (Phi) is 4.56. The lowest BCUT2D eigenvalue weighted by Crippen LogP contribution is -2.13. The molecule has 2 aromatic heterocycles. The monoisotopic (exact) mass is 292 g/mol. The predicted molar refractivity (Wildman–Crippen MR) is 78.4 cm³/mol. The minimum Gasteiger partial charge on any atom is -0.461 e. The summed E-state index contributed by atoms with van der Waals surface area (Å²) < 4.78 is 10.6. The first kappa shape index (κ1) is 15.0. The molecule has 0 bridgehead atoms. The molecule has 0 atom stereocenters. The number of aryl methyl sites for hydroxylation is 2. The van der Waals surface area contributed by atoms with Crippen LogP contribution in [0.15, 0.2) is 4.52 Å². The van der Waals surface area contributed by atoms with E-state index in [-0.39, 0.29) is 12.1 Å². The maximum absolute atomic E-state index is 5.51. The summed E-state index contributed by atoms with van der Waals surface area (Å²) >= 11 is 0. The lowest BCUT2D eigenvalue weighted by Gasteiger charge is -2.11. The molecular formula is C13H20N6O2. The van der Waals surface area contributed by atoms with Gasteiger partial charge in [-0.15, -0.1) is 0 Å². The number of nitrogens with zero attached hydrogens (tertiary/aromatic N) is 4. The summed E-state index contributed by atoms with van der Waals surface area (Å²) in [4.78, 5) is 12.6.